The Kier molecular flexibility index (Phi) is 4.77. The normalized spacial score (nSPS) is 22.3. The zero-order chi connectivity index (χ0) is 18.9. The van der Waals surface area contributed by atoms with Crippen LogP contribution in [0.2, 0.25) is 0 Å². The molecule has 0 aliphatic carbocycles. The highest BCUT2D eigenvalue weighted by Gasteiger charge is 2.46. The van der Waals surface area contributed by atoms with Crippen molar-refractivity contribution >= 4 is 11.8 Å². The number of nitrogens with zero attached hydrogens (tertiary/aromatic N) is 1. The molecule has 2 saturated heterocycles. The monoisotopic (exact) mass is 366 g/mol. The minimum Gasteiger partial charge on any atom is -0.461 e. The van der Waals surface area contributed by atoms with Crippen LogP contribution in [0.3, 0.4) is 0 Å². The molecule has 1 aromatic heterocycles. The number of hydrogen-bond acceptors (Lipinski definition) is 3. The van der Waals surface area contributed by atoms with Crippen molar-refractivity contribution in [2.45, 2.75) is 39.0 Å². The van der Waals surface area contributed by atoms with E-state index in [0.717, 1.165) is 42.9 Å². The number of carbonyl (C=O) groups is 2. The number of piperidine rings is 1. The van der Waals surface area contributed by atoms with Crippen LogP contribution in [-0.2, 0) is 16.0 Å². The Morgan fingerprint density at radius 2 is 2.00 bits per heavy atom. The van der Waals surface area contributed by atoms with E-state index < -0.39 is 0 Å². The van der Waals surface area contributed by atoms with Gasteiger partial charge in [-0.25, -0.2) is 0 Å². The predicted octanol–water partition coefficient (Wildman–Crippen LogP) is 3.32. The third-order valence-electron chi connectivity index (χ3n) is 5.89. The van der Waals surface area contributed by atoms with Gasteiger partial charge in [-0.05, 0) is 38.3 Å². The van der Waals surface area contributed by atoms with Gasteiger partial charge in [-0.15, -0.1) is 0 Å². The molecule has 1 spiro atoms. The summed E-state index contributed by atoms with van der Waals surface area (Å²) in [6.07, 6.45) is 3.67. The summed E-state index contributed by atoms with van der Waals surface area (Å²) in [6, 6.07) is 12.1. The van der Waals surface area contributed by atoms with Crippen LogP contribution >= 0.6 is 0 Å². The summed E-state index contributed by atoms with van der Waals surface area (Å²) >= 11 is 0. The topological polar surface area (TPSA) is 62.6 Å². The van der Waals surface area contributed by atoms with E-state index in [2.05, 4.69) is 24.4 Å². The number of aryl methyl sites for hydroxylation is 2. The first kappa shape index (κ1) is 17.8. The van der Waals surface area contributed by atoms with Crippen molar-refractivity contribution in [3.63, 3.8) is 0 Å². The molecule has 2 aliphatic heterocycles. The molecule has 0 saturated carbocycles. The Bertz CT molecular complexity index is 839. The summed E-state index contributed by atoms with van der Waals surface area (Å²) in [5, 5.41) is 2.96. The van der Waals surface area contributed by atoms with Crippen molar-refractivity contribution in [2.75, 3.05) is 19.6 Å². The minimum atomic E-state index is -0.350. The number of likely N-dealkylation sites (tertiary alicyclic amines) is 1. The Morgan fingerprint density at radius 1 is 1.19 bits per heavy atom. The van der Waals surface area contributed by atoms with E-state index >= 15 is 0 Å². The van der Waals surface area contributed by atoms with Crippen LogP contribution in [0, 0.1) is 12.3 Å². The third-order valence-corrected chi connectivity index (χ3v) is 5.89. The molecule has 2 fully saturated rings. The van der Waals surface area contributed by atoms with Crippen molar-refractivity contribution in [1.82, 2.24) is 10.2 Å². The molecule has 5 nitrogen and oxygen atoms in total. The van der Waals surface area contributed by atoms with Crippen molar-refractivity contribution < 1.29 is 14.0 Å². The molecule has 0 unspecified atom stereocenters. The summed E-state index contributed by atoms with van der Waals surface area (Å²) in [7, 11) is 0. The first-order valence-electron chi connectivity index (χ1n) is 9.78. The molecular weight excluding hydrogens is 340 g/mol. The number of furan rings is 1. The number of rotatable bonds is 4. The van der Waals surface area contributed by atoms with Gasteiger partial charge in [0.25, 0.3) is 0 Å². The fourth-order valence-electron chi connectivity index (χ4n) is 4.18. The van der Waals surface area contributed by atoms with Gasteiger partial charge in [0.05, 0.1) is 5.41 Å². The van der Waals surface area contributed by atoms with E-state index in [4.69, 9.17) is 4.42 Å². The molecule has 1 aromatic carbocycles. The van der Waals surface area contributed by atoms with E-state index in [0.29, 0.717) is 25.9 Å². The fourth-order valence-corrected chi connectivity index (χ4v) is 4.18. The molecule has 2 aromatic rings. The first-order valence-corrected chi connectivity index (χ1v) is 9.78. The van der Waals surface area contributed by atoms with Gasteiger partial charge in [0.15, 0.2) is 0 Å². The molecule has 0 bridgehead atoms. The van der Waals surface area contributed by atoms with Crippen molar-refractivity contribution in [1.29, 1.82) is 0 Å². The highest BCUT2D eigenvalue weighted by Crippen LogP contribution is 2.37. The number of nitrogens with one attached hydrogen (secondary N) is 1. The smallest absolute Gasteiger partial charge is 0.228 e. The second-order valence-corrected chi connectivity index (χ2v) is 7.84. The van der Waals surface area contributed by atoms with Gasteiger partial charge in [-0.3, -0.25) is 9.59 Å². The van der Waals surface area contributed by atoms with E-state index in [1.165, 1.54) is 5.56 Å². The standard InChI is InChI=1S/C22H26N2O3/c1-16-3-5-17(6-4-16)19-9-7-18(27-19)8-10-20(25)24-14-12-22(15-24)11-2-13-23-21(22)26/h3-7,9H,2,8,10-15H2,1H3,(H,23,26)/t22-/m1/s1. The van der Waals surface area contributed by atoms with Crippen LogP contribution in [0.4, 0.5) is 0 Å². The maximum absolute atomic E-state index is 12.6. The van der Waals surface area contributed by atoms with Crippen LogP contribution in [0.5, 0.6) is 0 Å². The van der Waals surface area contributed by atoms with E-state index in [1.54, 1.807) is 0 Å². The van der Waals surface area contributed by atoms with Crippen molar-refractivity contribution in [2.24, 2.45) is 5.41 Å². The maximum atomic E-state index is 12.6. The highest BCUT2D eigenvalue weighted by atomic mass is 16.3. The first-order chi connectivity index (χ1) is 13.1. The molecule has 1 atom stereocenters. The molecule has 2 amide bonds. The lowest BCUT2D eigenvalue weighted by molar-refractivity contribution is -0.134. The van der Waals surface area contributed by atoms with Crippen LogP contribution in [-0.4, -0.2) is 36.3 Å². The lowest BCUT2D eigenvalue weighted by Gasteiger charge is -2.32. The molecule has 3 heterocycles. The van der Waals surface area contributed by atoms with Gasteiger partial charge >= 0.3 is 0 Å². The number of hydrogen-bond donors (Lipinski definition) is 1. The molecule has 27 heavy (non-hydrogen) atoms. The largest absolute Gasteiger partial charge is 0.461 e. The van der Waals surface area contributed by atoms with Gasteiger partial charge in [-0.1, -0.05) is 29.8 Å². The van der Waals surface area contributed by atoms with Gasteiger partial charge < -0.3 is 14.6 Å². The average Bonchev–Trinajstić information content (AvgIpc) is 3.31. The van der Waals surface area contributed by atoms with Crippen molar-refractivity contribution in [3.8, 4) is 11.3 Å². The van der Waals surface area contributed by atoms with Crippen molar-refractivity contribution in [3.05, 3.63) is 47.7 Å². The van der Waals surface area contributed by atoms with Gasteiger partial charge in [-0.2, -0.15) is 0 Å². The molecular formula is C22H26N2O3. The highest BCUT2D eigenvalue weighted by molar-refractivity contribution is 5.86. The SMILES string of the molecule is Cc1ccc(-c2ccc(CCC(=O)N3CC[C@]4(CCCNC4=O)C3)o2)cc1. The molecule has 1 N–H and O–H groups in total. The predicted molar refractivity (Wildman–Crippen MR) is 103 cm³/mol. The van der Waals surface area contributed by atoms with Gasteiger partial charge in [0.2, 0.25) is 11.8 Å². The van der Waals surface area contributed by atoms with Gasteiger partial charge in [0, 0.05) is 38.0 Å². The van der Waals surface area contributed by atoms with Crippen LogP contribution in [0.1, 0.15) is 37.0 Å². The molecule has 0 radical (unpaired) electrons. The van der Waals surface area contributed by atoms with Crippen LogP contribution in [0.15, 0.2) is 40.8 Å². The summed E-state index contributed by atoms with van der Waals surface area (Å²) in [5.41, 5.74) is 1.91. The lowest BCUT2D eigenvalue weighted by Crippen LogP contribution is -2.47. The van der Waals surface area contributed by atoms with Crippen LogP contribution in [0.25, 0.3) is 11.3 Å². The summed E-state index contributed by atoms with van der Waals surface area (Å²) in [5.74, 6) is 1.89. The second kappa shape index (κ2) is 7.22. The number of amides is 2. The number of carbonyl (C=O) groups excluding carboxylic acids is 2. The van der Waals surface area contributed by atoms with E-state index in [1.807, 2.05) is 29.2 Å². The quantitative estimate of drug-likeness (QED) is 0.903. The van der Waals surface area contributed by atoms with Crippen LogP contribution < -0.4 is 5.32 Å². The van der Waals surface area contributed by atoms with E-state index in [-0.39, 0.29) is 17.2 Å². The Hall–Kier alpha value is -2.56. The van der Waals surface area contributed by atoms with E-state index in [9.17, 15) is 9.59 Å². The minimum absolute atomic E-state index is 0.110. The average molecular weight is 366 g/mol. The molecule has 2 aliphatic rings. The molecule has 142 valence electrons. The fraction of sp³-hybridized carbons (Fsp3) is 0.455. The molecule has 4 rings (SSSR count). The number of benzene rings is 1. The zero-order valence-corrected chi connectivity index (χ0v) is 15.8. The second-order valence-electron chi connectivity index (χ2n) is 7.84. The maximum Gasteiger partial charge on any atom is 0.228 e. The Balaban J connectivity index is 1.33. The zero-order valence-electron chi connectivity index (χ0n) is 15.8. The summed E-state index contributed by atoms with van der Waals surface area (Å²) < 4.78 is 5.91. The Labute approximate surface area is 159 Å². The Morgan fingerprint density at radius 3 is 2.78 bits per heavy atom. The summed E-state index contributed by atoms with van der Waals surface area (Å²) in [6.45, 7) is 4.06. The summed E-state index contributed by atoms with van der Waals surface area (Å²) in [4.78, 5) is 26.7. The third kappa shape index (κ3) is 3.64. The lowest BCUT2D eigenvalue weighted by atomic mass is 9.79. The molecule has 5 heteroatoms. The van der Waals surface area contributed by atoms with Gasteiger partial charge in [0.1, 0.15) is 11.5 Å².